The number of carboxylic acids is 1. The van der Waals surface area contributed by atoms with Crippen molar-refractivity contribution in [1.29, 1.82) is 0 Å². The second-order valence-corrected chi connectivity index (χ2v) is 3.97. The summed E-state index contributed by atoms with van der Waals surface area (Å²) in [5.41, 5.74) is 6.26. The molecule has 0 aliphatic heterocycles. The fraction of sp³-hybridized carbons (Fsp3) is 0.222. The Hall–Kier alpha value is -0.820. The molecule has 4 nitrogen and oxygen atoms in total. The van der Waals surface area contributed by atoms with E-state index >= 15 is 0 Å². The van der Waals surface area contributed by atoms with E-state index in [1.165, 1.54) is 0 Å². The van der Waals surface area contributed by atoms with Crippen LogP contribution in [0.25, 0.3) is 0 Å². The predicted octanol–water partition coefficient (Wildman–Crippen LogP) is 1.11. The molecule has 0 saturated carbocycles. The van der Waals surface area contributed by atoms with Crippen molar-refractivity contribution < 1.29 is 9.90 Å². The first kappa shape index (κ1) is 11.3. The summed E-state index contributed by atoms with van der Waals surface area (Å²) in [5.74, 6) is -0.997. The zero-order chi connectivity index (χ0) is 10.6. The lowest BCUT2D eigenvalue weighted by Crippen LogP contribution is -2.37. The number of hydrogen-bond acceptors (Lipinski definition) is 3. The molecule has 0 amide bonds. The molecule has 0 spiro atoms. The largest absolute Gasteiger partial charge is 0.480 e. The van der Waals surface area contributed by atoms with Crippen LogP contribution in [0, 0.1) is 3.57 Å². The fourth-order valence-corrected chi connectivity index (χ4v) is 1.49. The summed E-state index contributed by atoms with van der Waals surface area (Å²) in [6.45, 7) is 0.231. The number of anilines is 1. The third kappa shape index (κ3) is 3.15. The number of hydrogen-bond donors (Lipinski definition) is 3. The molecule has 1 aromatic rings. The molecule has 0 aromatic heterocycles. The molecule has 0 radical (unpaired) electrons. The van der Waals surface area contributed by atoms with Gasteiger partial charge in [0.2, 0.25) is 0 Å². The molecule has 4 N–H and O–H groups in total. The van der Waals surface area contributed by atoms with Crippen LogP contribution in [0.4, 0.5) is 5.69 Å². The van der Waals surface area contributed by atoms with E-state index in [4.69, 9.17) is 10.8 Å². The van der Waals surface area contributed by atoms with E-state index in [1.54, 1.807) is 0 Å². The van der Waals surface area contributed by atoms with E-state index in [-0.39, 0.29) is 6.54 Å². The summed E-state index contributed by atoms with van der Waals surface area (Å²) in [6.07, 6.45) is 0. The van der Waals surface area contributed by atoms with Gasteiger partial charge in [-0.05, 0) is 34.7 Å². The van der Waals surface area contributed by atoms with Crippen LogP contribution in [0.15, 0.2) is 24.3 Å². The summed E-state index contributed by atoms with van der Waals surface area (Å²) in [5, 5.41) is 11.5. The summed E-state index contributed by atoms with van der Waals surface area (Å²) in [4.78, 5) is 10.4. The zero-order valence-electron chi connectivity index (χ0n) is 7.40. The van der Waals surface area contributed by atoms with Gasteiger partial charge in [-0.3, -0.25) is 4.79 Å². The number of carboxylic acid groups (broad SMARTS) is 1. The SMILES string of the molecule is NC(CNc1ccccc1I)C(=O)O. The maximum absolute atomic E-state index is 10.4. The maximum Gasteiger partial charge on any atom is 0.322 e. The van der Waals surface area contributed by atoms with Crippen LogP contribution in [0.1, 0.15) is 0 Å². The third-order valence-corrected chi connectivity index (χ3v) is 2.64. The van der Waals surface area contributed by atoms with Crippen molar-refractivity contribution in [3.8, 4) is 0 Å². The first-order valence-corrected chi connectivity index (χ1v) is 5.16. The Morgan fingerprint density at radius 3 is 2.79 bits per heavy atom. The van der Waals surface area contributed by atoms with Crippen molar-refractivity contribution in [3.63, 3.8) is 0 Å². The first-order valence-electron chi connectivity index (χ1n) is 4.08. The molecule has 1 unspecified atom stereocenters. The number of rotatable bonds is 4. The number of para-hydroxylation sites is 1. The minimum absolute atomic E-state index is 0.231. The molecule has 1 aromatic carbocycles. The molecule has 0 heterocycles. The summed E-state index contributed by atoms with van der Waals surface area (Å²) in [6, 6.07) is 6.76. The highest BCUT2D eigenvalue weighted by molar-refractivity contribution is 14.1. The fourth-order valence-electron chi connectivity index (χ4n) is 0.912. The summed E-state index contributed by atoms with van der Waals surface area (Å²) < 4.78 is 1.04. The van der Waals surface area contributed by atoms with Crippen molar-refractivity contribution in [1.82, 2.24) is 0 Å². The number of carbonyl (C=O) groups is 1. The summed E-state index contributed by atoms with van der Waals surface area (Å²) in [7, 11) is 0. The van der Waals surface area contributed by atoms with Crippen LogP contribution in [0.3, 0.4) is 0 Å². The minimum atomic E-state index is -0.997. The van der Waals surface area contributed by atoms with Crippen LogP contribution in [-0.4, -0.2) is 23.7 Å². The third-order valence-electron chi connectivity index (χ3n) is 1.70. The van der Waals surface area contributed by atoms with Gasteiger partial charge in [-0.2, -0.15) is 0 Å². The Balaban J connectivity index is 2.54. The quantitative estimate of drug-likeness (QED) is 0.729. The van der Waals surface area contributed by atoms with E-state index in [2.05, 4.69) is 27.9 Å². The lowest BCUT2D eigenvalue weighted by Gasteiger charge is -2.10. The number of nitrogens with two attached hydrogens (primary N) is 1. The Kier molecular flexibility index (Phi) is 4.15. The van der Waals surface area contributed by atoms with Crippen LogP contribution >= 0.6 is 22.6 Å². The molecule has 0 bridgehead atoms. The Morgan fingerprint density at radius 2 is 2.21 bits per heavy atom. The van der Waals surface area contributed by atoms with Crippen molar-refractivity contribution in [2.24, 2.45) is 5.73 Å². The average Bonchev–Trinajstić information content (AvgIpc) is 2.16. The van der Waals surface area contributed by atoms with Gasteiger partial charge < -0.3 is 16.2 Å². The smallest absolute Gasteiger partial charge is 0.322 e. The Morgan fingerprint density at radius 1 is 1.57 bits per heavy atom. The predicted molar refractivity (Wildman–Crippen MR) is 63.3 cm³/mol. The van der Waals surface area contributed by atoms with Crippen LogP contribution in [0.5, 0.6) is 0 Å². The molecule has 0 saturated heterocycles. The molecule has 1 rings (SSSR count). The van der Waals surface area contributed by atoms with E-state index < -0.39 is 12.0 Å². The van der Waals surface area contributed by atoms with Gasteiger partial charge in [0.05, 0.1) is 0 Å². The summed E-state index contributed by atoms with van der Waals surface area (Å²) >= 11 is 2.17. The number of nitrogens with one attached hydrogen (secondary N) is 1. The topological polar surface area (TPSA) is 75.3 Å². The first-order chi connectivity index (χ1) is 6.61. The molecular weight excluding hydrogens is 295 g/mol. The van der Waals surface area contributed by atoms with E-state index in [9.17, 15) is 4.79 Å². The second-order valence-electron chi connectivity index (χ2n) is 2.81. The Labute approximate surface area is 95.6 Å². The number of benzene rings is 1. The van der Waals surface area contributed by atoms with Gasteiger partial charge in [-0.1, -0.05) is 12.1 Å². The lowest BCUT2D eigenvalue weighted by molar-refractivity contribution is -0.138. The van der Waals surface area contributed by atoms with Gasteiger partial charge in [0.15, 0.2) is 0 Å². The molecule has 0 fully saturated rings. The highest BCUT2D eigenvalue weighted by Crippen LogP contribution is 2.16. The second kappa shape index (κ2) is 5.16. The van der Waals surface area contributed by atoms with Crippen molar-refractivity contribution in [2.75, 3.05) is 11.9 Å². The highest BCUT2D eigenvalue weighted by Gasteiger charge is 2.10. The normalized spacial score (nSPS) is 12.1. The minimum Gasteiger partial charge on any atom is -0.480 e. The molecule has 76 valence electrons. The number of halogens is 1. The van der Waals surface area contributed by atoms with Crippen LogP contribution in [-0.2, 0) is 4.79 Å². The van der Waals surface area contributed by atoms with E-state index in [0.717, 1.165) is 9.26 Å². The maximum atomic E-state index is 10.4. The molecule has 0 aliphatic carbocycles. The van der Waals surface area contributed by atoms with Crippen LogP contribution < -0.4 is 11.1 Å². The van der Waals surface area contributed by atoms with Gasteiger partial charge in [0, 0.05) is 15.8 Å². The van der Waals surface area contributed by atoms with E-state index in [0.29, 0.717) is 0 Å². The standard InChI is InChI=1S/C9H11IN2O2/c10-6-3-1-2-4-8(6)12-5-7(11)9(13)14/h1-4,7,12H,5,11H2,(H,13,14). The van der Waals surface area contributed by atoms with Crippen molar-refractivity contribution in [2.45, 2.75) is 6.04 Å². The molecule has 0 aliphatic rings. The van der Waals surface area contributed by atoms with Gasteiger partial charge >= 0.3 is 5.97 Å². The average molecular weight is 306 g/mol. The highest BCUT2D eigenvalue weighted by atomic mass is 127. The van der Waals surface area contributed by atoms with Gasteiger partial charge in [0.25, 0.3) is 0 Å². The zero-order valence-corrected chi connectivity index (χ0v) is 9.56. The van der Waals surface area contributed by atoms with Crippen molar-refractivity contribution in [3.05, 3.63) is 27.8 Å². The monoisotopic (exact) mass is 306 g/mol. The lowest BCUT2D eigenvalue weighted by atomic mass is 10.3. The molecule has 14 heavy (non-hydrogen) atoms. The van der Waals surface area contributed by atoms with E-state index in [1.807, 2.05) is 24.3 Å². The molecule has 1 atom stereocenters. The number of aliphatic carboxylic acids is 1. The van der Waals surface area contributed by atoms with Gasteiger partial charge in [-0.15, -0.1) is 0 Å². The Bertz CT molecular complexity index is 330. The van der Waals surface area contributed by atoms with Gasteiger partial charge in [0.1, 0.15) is 6.04 Å². The van der Waals surface area contributed by atoms with Gasteiger partial charge in [-0.25, -0.2) is 0 Å². The van der Waals surface area contributed by atoms with Crippen LogP contribution in [0.2, 0.25) is 0 Å². The molecule has 5 heteroatoms. The molecular formula is C9H11IN2O2. The van der Waals surface area contributed by atoms with Crippen molar-refractivity contribution >= 4 is 34.2 Å².